The third kappa shape index (κ3) is 9.03. The van der Waals surface area contributed by atoms with E-state index in [1.807, 2.05) is 32.9 Å². The first-order valence-corrected chi connectivity index (χ1v) is 10.1. The van der Waals surface area contributed by atoms with Gasteiger partial charge in [-0.15, -0.1) is 0 Å². The summed E-state index contributed by atoms with van der Waals surface area (Å²) in [6, 6.07) is 5.93. The lowest BCUT2D eigenvalue weighted by molar-refractivity contribution is 0.0636. The van der Waals surface area contributed by atoms with Crippen LogP contribution in [0.15, 0.2) is 18.2 Å². The zero-order chi connectivity index (χ0) is 20.7. The molecule has 154 valence electrons. The van der Waals surface area contributed by atoms with Gasteiger partial charge in [-0.25, -0.2) is 4.79 Å². The zero-order valence-corrected chi connectivity index (χ0v) is 18.2. The molecule has 0 radical (unpaired) electrons. The third-order valence-corrected chi connectivity index (χ3v) is 4.42. The normalized spacial score (nSPS) is 13.1. The summed E-state index contributed by atoms with van der Waals surface area (Å²) < 4.78 is 5.28. The Hall–Kier alpha value is -1.91. The lowest BCUT2D eigenvalue weighted by Gasteiger charge is -2.31. The highest BCUT2D eigenvalue weighted by atomic mass is 16.6. The van der Waals surface area contributed by atoms with Crippen LogP contribution in [0.2, 0.25) is 0 Å². The molecule has 0 spiro atoms. The molecule has 0 bridgehead atoms. The van der Waals surface area contributed by atoms with Gasteiger partial charge in [-0.1, -0.05) is 40.5 Å². The van der Waals surface area contributed by atoms with Gasteiger partial charge < -0.3 is 15.8 Å². The first-order valence-electron chi connectivity index (χ1n) is 10.1. The standard InChI is InChI=1S/C22H39N3O2/c1-8-10-17(15-22(6,7)13-9-2)24-19-12-11-16(14-18(19)23)25-20(26)27-21(3,4)5/h11-12,14,17,24H,8-10,13,15,23H2,1-7H3,(H,25,26). The van der Waals surface area contributed by atoms with Crippen LogP contribution >= 0.6 is 0 Å². The van der Waals surface area contributed by atoms with E-state index < -0.39 is 11.7 Å². The van der Waals surface area contributed by atoms with Crippen molar-refractivity contribution in [1.82, 2.24) is 0 Å². The summed E-state index contributed by atoms with van der Waals surface area (Å²) in [5, 5.41) is 6.34. The monoisotopic (exact) mass is 377 g/mol. The maximum atomic E-state index is 11.9. The number of nitrogens with one attached hydrogen (secondary N) is 2. The van der Waals surface area contributed by atoms with E-state index in [2.05, 4.69) is 38.3 Å². The maximum absolute atomic E-state index is 11.9. The van der Waals surface area contributed by atoms with E-state index in [1.165, 1.54) is 12.8 Å². The SMILES string of the molecule is CCCC(CC(C)(C)CCC)Nc1ccc(NC(=O)OC(C)(C)C)cc1N. The molecule has 1 rings (SSSR count). The molecule has 1 unspecified atom stereocenters. The first-order chi connectivity index (χ1) is 12.5. The minimum atomic E-state index is -0.532. The summed E-state index contributed by atoms with van der Waals surface area (Å²) in [6.07, 6.45) is 5.25. The van der Waals surface area contributed by atoms with Gasteiger partial charge in [0.25, 0.3) is 0 Å². The molecular formula is C22H39N3O2. The number of nitrogen functional groups attached to an aromatic ring is 1. The lowest BCUT2D eigenvalue weighted by atomic mass is 9.80. The summed E-state index contributed by atoms with van der Waals surface area (Å²) in [5.74, 6) is 0. The predicted octanol–water partition coefficient (Wildman–Crippen LogP) is 6.41. The van der Waals surface area contributed by atoms with Crippen molar-refractivity contribution in [1.29, 1.82) is 0 Å². The number of amides is 1. The highest BCUT2D eigenvalue weighted by Gasteiger charge is 2.23. The molecule has 1 amide bonds. The topological polar surface area (TPSA) is 76.4 Å². The van der Waals surface area contributed by atoms with Crippen LogP contribution in [0, 0.1) is 5.41 Å². The van der Waals surface area contributed by atoms with Crippen molar-refractivity contribution in [3.8, 4) is 0 Å². The zero-order valence-electron chi connectivity index (χ0n) is 18.2. The average Bonchev–Trinajstić information content (AvgIpc) is 2.47. The van der Waals surface area contributed by atoms with Crippen LogP contribution in [0.25, 0.3) is 0 Å². The van der Waals surface area contributed by atoms with E-state index in [-0.39, 0.29) is 0 Å². The molecular weight excluding hydrogens is 338 g/mol. The highest BCUT2D eigenvalue weighted by Crippen LogP contribution is 2.32. The average molecular weight is 378 g/mol. The molecule has 0 fully saturated rings. The number of ether oxygens (including phenoxy) is 1. The maximum Gasteiger partial charge on any atom is 0.412 e. The Morgan fingerprint density at radius 2 is 1.81 bits per heavy atom. The Bertz CT molecular complexity index is 606. The van der Waals surface area contributed by atoms with Crippen LogP contribution in [0.1, 0.15) is 80.6 Å². The number of benzene rings is 1. The van der Waals surface area contributed by atoms with Crippen LogP contribution in [-0.4, -0.2) is 17.7 Å². The number of hydrogen-bond acceptors (Lipinski definition) is 4. The summed E-state index contributed by atoms with van der Waals surface area (Å²) in [4.78, 5) is 11.9. The molecule has 0 aromatic heterocycles. The lowest BCUT2D eigenvalue weighted by Crippen LogP contribution is -2.28. The summed E-state index contributed by atoms with van der Waals surface area (Å²) in [5.41, 5.74) is 8.17. The van der Waals surface area contributed by atoms with Gasteiger partial charge in [-0.3, -0.25) is 5.32 Å². The molecule has 4 N–H and O–H groups in total. The van der Waals surface area contributed by atoms with E-state index in [0.717, 1.165) is 24.9 Å². The van der Waals surface area contributed by atoms with Crippen molar-refractivity contribution < 1.29 is 9.53 Å². The molecule has 5 heteroatoms. The quantitative estimate of drug-likeness (QED) is 0.434. The van der Waals surface area contributed by atoms with Crippen molar-refractivity contribution in [2.24, 2.45) is 5.41 Å². The molecule has 5 nitrogen and oxygen atoms in total. The summed E-state index contributed by atoms with van der Waals surface area (Å²) in [7, 11) is 0. The number of rotatable bonds is 9. The van der Waals surface area contributed by atoms with Gasteiger partial charge >= 0.3 is 6.09 Å². The van der Waals surface area contributed by atoms with E-state index >= 15 is 0 Å². The number of carbonyl (C=O) groups excluding carboxylic acids is 1. The van der Waals surface area contributed by atoms with Crippen LogP contribution in [0.4, 0.5) is 21.9 Å². The van der Waals surface area contributed by atoms with E-state index in [0.29, 0.717) is 22.8 Å². The van der Waals surface area contributed by atoms with Gasteiger partial charge in [0, 0.05) is 11.7 Å². The molecule has 0 aliphatic heterocycles. The molecule has 1 aromatic rings. The largest absolute Gasteiger partial charge is 0.444 e. The fourth-order valence-corrected chi connectivity index (χ4v) is 3.43. The molecule has 0 aliphatic carbocycles. The van der Waals surface area contributed by atoms with Gasteiger partial charge in [0.2, 0.25) is 0 Å². The van der Waals surface area contributed by atoms with E-state index in [9.17, 15) is 4.79 Å². The van der Waals surface area contributed by atoms with Crippen LogP contribution in [0.5, 0.6) is 0 Å². The fraction of sp³-hybridized carbons (Fsp3) is 0.682. The van der Waals surface area contributed by atoms with E-state index in [1.54, 1.807) is 6.07 Å². The van der Waals surface area contributed by atoms with Gasteiger partial charge in [0.05, 0.1) is 11.4 Å². The van der Waals surface area contributed by atoms with Gasteiger partial charge in [0.15, 0.2) is 0 Å². The molecule has 1 aromatic carbocycles. The third-order valence-electron chi connectivity index (χ3n) is 4.42. The number of anilines is 3. The Morgan fingerprint density at radius 1 is 1.15 bits per heavy atom. The van der Waals surface area contributed by atoms with Crippen molar-refractivity contribution >= 4 is 23.2 Å². The van der Waals surface area contributed by atoms with E-state index in [4.69, 9.17) is 10.5 Å². The highest BCUT2D eigenvalue weighted by molar-refractivity contribution is 5.87. The van der Waals surface area contributed by atoms with Crippen molar-refractivity contribution in [3.63, 3.8) is 0 Å². The minimum absolute atomic E-state index is 0.300. The Kier molecular flexibility index (Phi) is 8.45. The molecule has 0 aliphatic rings. The second-order valence-corrected chi connectivity index (χ2v) is 9.18. The summed E-state index contributed by atoms with van der Waals surface area (Å²) in [6.45, 7) is 14.6. The smallest absolute Gasteiger partial charge is 0.412 e. The first kappa shape index (κ1) is 23.1. The minimum Gasteiger partial charge on any atom is -0.444 e. The van der Waals surface area contributed by atoms with Crippen LogP contribution in [0.3, 0.4) is 0 Å². The van der Waals surface area contributed by atoms with Gasteiger partial charge in [-0.05, 0) is 63.6 Å². The second-order valence-electron chi connectivity index (χ2n) is 9.18. The van der Waals surface area contributed by atoms with Gasteiger partial charge in [0.1, 0.15) is 5.60 Å². The predicted molar refractivity (Wildman–Crippen MR) is 116 cm³/mol. The summed E-state index contributed by atoms with van der Waals surface area (Å²) >= 11 is 0. The Labute approximate surface area is 165 Å². The second kappa shape index (κ2) is 9.86. The number of hydrogen-bond donors (Lipinski definition) is 3. The van der Waals surface area contributed by atoms with Crippen molar-refractivity contribution in [2.45, 2.75) is 92.2 Å². The fourth-order valence-electron chi connectivity index (χ4n) is 3.43. The molecule has 0 saturated carbocycles. The van der Waals surface area contributed by atoms with Crippen LogP contribution in [-0.2, 0) is 4.74 Å². The number of nitrogens with two attached hydrogens (primary N) is 1. The Morgan fingerprint density at radius 3 is 2.33 bits per heavy atom. The Balaban J connectivity index is 2.80. The van der Waals surface area contributed by atoms with Gasteiger partial charge in [-0.2, -0.15) is 0 Å². The molecule has 1 atom stereocenters. The molecule has 27 heavy (non-hydrogen) atoms. The molecule has 0 heterocycles. The van der Waals surface area contributed by atoms with Crippen LogP contribution < -0.4 is 16.4 Å². The van der Waals surface area contributed by atoms with Crippen molar-refractivity contribution in [2.75, 3.05) is 16.4 Å². The molecule has 0 saturated heterocycles. The number of carbonyl (C=O) groups is 1. The van der Waals surface area contributed by atoms with Crippen molar-refractivity contribution in [3.05, 3.63) is 18.2 Å².